The highest BCUT2D eigenvalue weighted by Crippen LogP contribution is 2.22. The number of allylic oxidation sites excluding steroid dienone is 5. The molecule has 2 rings (SSSR count). The molecule has 108 valence electrons. The Morgan fingerprint density at radius 3 is 2.90 bits per heavy atom. The topological polar surface area (TPSA) is 28.2 Å². The summed E-state index contributed by atoms with van der Waals surface area (Å²) in [5.41, 5.74) is 2.01. The van der Waals surface area contributed by atoms with Crippen molar-refractivity contribution in [3.8, 4) is 0 Å². The van der Waals surface area contributed by atoms with Crippen molar-refractivity contribution in [2.75, 3.05) is 26.2 Å². The third-order valence-corrected chi connectivity index (χ3v) is 4.09. The van der Waals surface area contributed by atoms with Gasteiger partial charge in [0.2, 0.25) is 0 Å². The van der Waals surface area contributed by atoms with Gasteiger partial charge in [-0.3, -0.25) is 4.90 Å². The fourth-order valence-electron chi connectivity index (χ4n) is 2.08. The molecule has 1 aromatic rings. The van der Waals surface area contributed by atoms with Crippen LogP contribution in [0.15, 0.2) is 36.0 Å². The Hall–Kier alpha value is -1.30. The normalized spacial score (nSPS) is 17.8. The molecule has 1 aliphatic rings. The van der Waals surface area contributed by atoms with Crippen LogP contribution < -0.4 is 5.32 Å². The van der Waals surface area contributed by atoms with E-state index in [1.165, 1.54) is 6.08 Å². The predicted molar refractivity (Wildman–Crippen MR) is 83.3 cm³/mol. The molecule has 1 aliphatic heterocycles. The van der Waals surface area contributed by atoms with E-state index in [0.717, 1.165) is 49.0 Å². The Morgan fingerprint density at radius 2 is 2.25 bits per heavy atom. The van der Waals surface area contributed by atoms with Gasteiger partial charge in [0.15, 0.2) is 0 Å². The van der Waals surface area contributed by atoms with Gasteiger partial charge in [0, 0.05) is 43.7 Å². The molecule has 2 heterocycles. The van der Waals surface area contributed by atoms with Crippen molar-refractivity contribution < 1.29 is 4.39 Å². The monoisotopic (exact) mass is 293 g/mol. The van der Waals surface area contributed by atoms with Gasteiger partial charge >= 0.3 is 0 Å². The summed E-state index contributed by atoms with van der Waals surface area (Å²) in [7, 11) is 0. The van der Waals surface area contributed by atoms with E-state index in [0.29, 0.717) is 0 Å². The number of hydrogen-bond acceptors (Lipinski definition) is 4. The van der Waals surface area contributed by atoms with Crippen LogP contribution in [0, 0.1) is 0 Å². The van der Waals surface area contributed by atoms with Gasteiger partial charge in [0.1, 0.15) is 10.8 Å². The second-order valence-corrected chi connectivity index (χ2v) is 5.55. The molecule has 1 fully saturated rings. The van der Waals surface area contributed by atoms with Gasteiger partial charge in [-0.25, -0.2) is 9.37 Å². The summed E-state index contributed by atoms with van der Waals surface area (Å²) in [6.45, 7) is 10.2. The van der Waals surface area contributed by atoms with E-state index in [1.807, 2.05) is 13.0 Å². The number of nitrogens with one attached hydrogen (secondary N) is 1. The zero-order valence-electron chi connectivity index (χ0n) is 11.7. The molecule has 1 saturated heterocycles. The first kappa shape index (κ1) is 15.1. The Balaban J connectivity index is 2.01. The number of aromatic nitrogens is 1. The highest BCUT2D eigenvalue weighted by atomic mass is 32.1. The number of thiazole rings is 1. The van der Waals surface area contributed by atoms with Crippen molar-refractivity contribution in [3.63, 3.8) is 0 Å². The molecular formula is C15H20FN3S. The zero-order chi connectivity index (χ0) is 14.4. The van der Waals surface area contributed by atoms with Gasteiger partial charge in [0.25, 0.3) is 0 Å². The van der Waals surface area contributed by atoms with Crippen LogP contribution in [0.5, 0.6) is 0 Å². The lowest BCUT2D eigenvalue weighted by Gasteiger charge is -2.26. The molecule has 0 bridgehead atoms. The van der Waals surface area contributed by atoms with Crippen LogP contribution in [-0.2, 0) is 6.54 Å². The average Bonchev–Trinajstić information content (AvgIpc) is 2.89. The van der Waals surface area contributed by atoms with Gasteiger partial charge in [-0.15, -0.1) is 11.3 Å². The summed E-state index contributed by atoms with van der Waals surface area (Å²) >= 11 is 1.60. The molecular weight excluding hydrogens is 273 g/mol. The predicted octanol–water partition coefficient (Wildman–Crippen LogP) is 2.99. The summed E-state index contributed by atoms with van der Waals surface area (Å²) in [5, 5.41) is 6.35. The molecule has 3 nitrogen and oxygen atoms in total. The summed E-state index contributed by atoms with van der Waals surface area (Å²) in [6.07, 6.45) is 5.02. The first-order chi connectivity index (χ1) is 9.69. The summed E-state index contributed by atoms with van der Waals surface area (Å²) in [4.78, 5) is 7.03. The lowest BCUT2D eigenvalue weighted by molar-refractivity contribution is 0.231. The third-order valence-electron chi connectivity index (χ3n) is 3.15. The van der Waals surface area contributed by atoms with Crippen molar-refractivity contribution in [3.05, 3.63) is 46.7 Å². The van der Waals surface area contributed by atoms with Crippen LogP contribution in [0.25, 0.3) is 5.57 Å². The van der Waals surface area contributed by atoms with Crippen LogP contribution in [0.4, 0.5) is 4.39 Å². The molecule has 0 amide bonds. The molecule has 0 saturated carbocycles. The van der Waals surface area contributed by atoms with E-state index in [9.17, 15) is 4.39 Å². The van der Waals surface area contributed by atoms with E-state index in [4.69, 9.17) is 0 Å². The van der Waals surface area contributed by atoms with Crippen molar-refractivity contribution in [2.24, 2.45) is 0 Å². The first-order valence-electron chi connectivity index (χ1n) is 6.75. The van der Waals surface area contributed by atoms with Crippen LogP contribution in [0.2, 0.25) is 0 Å². The Morgan fingerprint density at radius 1 is 1.50 bits per heavy atom. The maximum atomic E-state index is 12.7. The Bertz CT molecular complexity index is 513. The molecule has 5 heteroatoms. The number of piperazine rings is 1. The van der Waals surface area contributed by atoms with Gasteiger partial charge < -0.3 is 5.32 Å². The first-order valence-corrected chi connectivity index (χ1v) is 7.63. The van der Waals surface area contributed by atoms with E-state index >= 15 is 0 Å². The van der Waals surface area contributed by atoms with Gasteiger partial charge in [-0.05, 0) is 19.1 Å². The minimum Gasteiger partial charge on any atom is -0.314 e. The SMILES string of the molecule is C=C(F)/C=C\C(=C/C)c1nc(CN2CCNCC2)cs1. The zero-order valence-corrected chi connectivity index (χ0v) is 12.5. The van der Waals surface area contributed by atoms with Crippen molar-refractivity contribution >= 4 is 16.9 Å². The molecule has 0 aliphatic carbocycles. The third kappa shape index (κ3) is 4.37. The minimum atomic E-state index is -0.443. The van der Waals surface area contributed by atoms with Crippen molar-refractivity contribution in [1.29, 1.82) is 0 Å². The summed E-state index contributed by atoms with van der Waals surface area (Å²) < 4.78 is 12.7. The Kier molecular flexibility index (Phi) is 5.64. The maximum absolute atomic E-state index is 12.7. The fourth-order valence-corrected chi connectivity index (χ4v) is 2.95. The highest BCUT2D eigenvalue weighted by Gasteiger charge is 2.12. The molecule has 0 radical (unpaired) electrons. The highest BCUT2D eigenvalue weighted by molar-refractivity contribution is 7.10. The largest absolute Gasteiger partial charge is 0.314 e. The van der Waals surface area contributed by atoms with E-state index in [1.54, 1.807) is 17.4 Å². The standard InChI is InChI=1S/C15H20FN3S/c1-3-13(5-4-12(2)16)15-18-14(11-20-15)10-19-8-6-17-7-9-19/h3-5,11,17H,2,6-10H2,1H3/b5-4-,13-3+. The van der Waals surface area contributed by atoms with Crippen LogP contribution in [0.1, 0.15) is 17.6 Å². The second kappa shape index (κ2) is 7.47. The average molecular weight is 293 g/mol. The molecule has 0 atom stereocenters. The van der Waals surface area contributed by atoms with E-state index < -0.39 is 5.83 Å². The van der Waals surface area contributed by atoms with Crippen LogP contribution in [-0.4, -0.2) is 36.1 Å². The van der Waals surface area contributed by atoms with Crippen molar-refractivity contribution in [2.45, 2.75) is 13.5 Å². The lowest BCUT2D eigenvalue weighted by atomic mass is 10.2. The quantitative estimate of drug-likeness (QED) is 0.846. The minimum absolute atomic E-state index is 0.443. The fraction of sp³-hybridized carbons (Fsp3) is 0.400. The number of nitrogens with zero attached hydrogens (tertiary/aromatic N) is 2. The Labute approximate surface area is 123 Å². The molecule has 1 aromatic heterocycles. The second-order valence-electron chi connectivity index (χ2n) is 4.69. The number of rotatable bonds is 5. The number of halogens is 1. The summed E-state index contributed by atoms with van der Waals surface area (Å²) in [6, 6.07) is 0. The maximum Gasteiger partial charge on any atom is 0.123 e. The van der Waals surface area contributed by atoms with Crippen molar-refractivity contribution in [1.82, 2.24) is 15.2 Å². The molecule has 0 unspecified atom stereocenters. The molecule has 1 N–H and O–H groups in total. The number of hydrogen-bond donors (Lipinski definition) is 1. The van der Waals surface area contributed by atoms with E-state index in [-0.39, 0.29) is 0 Å². The van der Waals surface area contributed by atoms with E-state index in [2.05, 4.69) is 27.2 Å². The smallest absolute Gasteiger partial charge is 0.123 e. The molecule has 20 heavy (non-hydrogen) atoms. The lowest BCUT2D eigenvalue weighted by Crippen LogP contribution is -2.42. The van der Waals surface area contributed by atoms with Crippen LogP contribution >= 0.6 is 11.3 Å². The van der Waals surface area contributed by atoms with Crippen LogP contribution in [0.3, 0.4) is 0 Å². The summed E-state index contributed by atoms with van der Waals surface area (Å²) in [5.74, 6) is -0.443. The molecule has 0 aromatic carbocycles. The van der Waals surface area contributed by atoms with Gasteiger partial charge in [0.05, 0.1) is 5.69 Å². The molecule has 0 spiro atoms. The van der Waals surface area contributed by atoms with Gasteiger partial charge in [-0.1, -0.05) is 12.7 Å². The van der Waals surface area contributed by atoms with Gasteiger partial charge in [-0.2, -0.15) is 0 Å².